The molecule has 0 spiro atoms. The van der Waals surface area contributed by atoms with Crippen LogP contribution >= 0.6 is 0 Å². The van der Waals surface area contributed by atoms with Crippen LogP contribution in [0, 0.1) is 5.82 Å². The predicted octanol–water partition coefficient (Wildman–Crippen LogP) is 3.98. The third-order valence-corrected chi connectivity index (χ3v) is 6.84. The summed E-state index contributed by atoms with van der Waals surface area (Å²) in [5.41, 5.74) is 0.527. The summed E-state index contributed by atoms with van der Waals surface area (Å²) < 4.78 is 83.2. The third-order valence-electron chi connectivity index (χ3n) is 5.18. The minimum absolute atomic E-state index is 0.0766. The van der Waals surface area contributed by atoms with Crippen molar-refractivity contribution in [3.8, 4) is 11.3 Å². The van der Waals surface area contributed by atoms with Crippen LogP contribution in [-0.4, -0.2) is 42.2 Å². The van der Waals surface area contributed by atoms with E-state index < -0.39 is 45.1 Å². The number of aromatic nitrogens is 2. The number of benzene rings is 2. The van der Waals surface area contributed by atoms with Crippen molar-refractivity contribution in [2.45, 2.75) is 17.8 Å². The van der Waals surface area contributed by atoms with E-state index in [1.54, 1.807) is 0 Å². The van der Waals surface area contributed by atoms with Crippen molar-refractivity contribution in [1.29, 1.82) is 0 Å². The number of rotatable bonds is 7. The number of carbonyl (C=O) groups excluding carboxylic acids is 1. The van der Waals surface area contributed by atoms with Gasteiger partial charge in [-0.05, 0) is 36.4 Å². The van der Waals surface area contributed by atoms with Crippen molar-refractivity contribution >= 4 is 26.9 Å². The fourth-order valence-corrected chi connectivity index (χ4v) is 4.35. The van der Waals surface area contributed by atoms with Gasteiger partial charge in [-0.25, -0.2) is 22.8 Å². The number of carbonyl (C=O) groups is 1. The molecule has 188 valence electrons. The molecule has 0 aliphatic heterocycles. The Labute approximate surface area is 202 Å². The molecule has 0 saturated carbocycles. The second-order valence-corrected chi connectivity index (χ2v) is 9.73. The maximum absolute atomic E-state index is 13.4. The number of likely N-dealkylation sites (N-methyl/N-ethyl adjacent to an activating group) is 1. The van der Waals surface area contributed by atoms with Crippen LogP contribution in [0.2, 0.25) is 0 Å². The fraction of sp³-hybridized carbons (Fsp3) is 0.174. The first-order valence-corrected chi connectivity index (χ1v) is 11.8. The van der Waals surface area contributed by atoms with Gasteiger partial charge in [-0.3, -0.25) is 4.79 Å². The first-order valence-electron chi connectivity index (χ1n) is 10.3. The maximum Gasteiger partial charge on any atom is 0.416 e. The summed E-state index contributed by atoms with van der Waals surface area (Å²) in [4.78, 5) is 20.4. The Kier molecular flexibility index (Phi) is 6.78. The summed E-state index contributed by atoms with van der Waals surface area (Å²) in [5, 5.41) is 2.36. The van der Waals surface area contributed by atoms with E-state index in [2.05, 4.69) is 15.3 Å². The Morgan fingerprint density at radius 2 is 1.78 bits per heavy atom. The van der Waals surface area contributed by atoms with Crippen LogP contribution in [-0.2, 0) is 27.5 Å². The van der Waals surface area contributed by atoms with E-state index in [4.69, 9.17) is 4.42 Å². The van der Waals surface area contributed by atoms with Crippen LogP contribution in [0.25, 0.3) is 22.2 Å². The summed E-state index contributed by atoms with van der Waals surface area (Å²) in [6.45, 7) is -0.614. The molecule has 0 fully saturated rings. The highest BCUT2D eigenvalue weighted by atomic mass is 32.2. The van der Waals surface area contributed by atoms with Crippen LogP contribution in [0.15, 0.2) is 70.4 Å². The zero-order valence-electron chi connectivity index (χ0n) is 18.6. The second-order valence-electron chi connectivity index (χ2n) is 7.76. The number of hydrogen-bond donors (Lipinski definition) is 1. The van der Waals surface area contributed by atoms with Crippen LogP contribution in [0.3, 0.4) is 0 Å². The van der Waals surface area contributed by atoms with E-state index in [0.717, 1.165) is 28.6 Å². The van der Waals surface area contributed by atoms with Crippen molar-refractivity contribution in [3.05, 3.63) is 78.0 Å². The van der Waals surface area contributed by atoms with Crippen LogP contribution < -0.4 is 5.32 Å². The van der Waals surface area contributed by atoms with E-state index in [1.807, 2.05) is 0 Å². The van der Waals surface area contributed by atoms with E-state index in [1.165, 1.54) is 43.7 Å². The molecule has 36 heavy (non-hydrogen) atoms. The first kappa shape index (κ1) is 25.3. The first-order chi connectivity index (χ1) is 16.9. The molecule has 0 aliphatic rings. The molecule has 0 atom stereocenters. The van der Waals surface area contributed by atoms with E-state index in [9.17, 15) is 30.8 Å². The van der Waals surface area contributed by atoms with Gasteiger partial charge in [-0.15, -0.1) is 0 Å². The molecule has 0 radical (unpaired) electrons. The second kappa shape index (κ2) is 9.66. The number of nitrogens with one attached hydrogen (secondary N) is 1. The van der Waals surface area contributed by atoms with Gasteiger partial charge < -0.3 is 9.73 Å². The lowest BCUT2D eigenvalue weighted by Crippen LogP contribution is -2.38. The summed E-state index contributed by atoms with van der Waals surface area (Å²) in [6, 6.07) is 10.7. The zero-order chi connectivity index (χ0) is 26.1. The van der Waals surface area contributed by atoms with Crippen molar-refractivity contribution in [1.82, 2.24) is 19.6 Å². The number of amides is 1. The molecule has 13 heteroatoms. The number of sulfonamides is 1. The number of furan rings is 1. The molecule has 8 nitrogen and oxygen atoms in total. The fourth-order valence-electron chi connectivity index (χ4n) is 3.28. The normalized spacial score (nSPS) is 12.3. The zero-order valence-corrected chi connectivity index (χ0v) is 19.4. The summed E-state index contributed by atoms with van der Waals surface area (Å²) >= 11 is 0. The predicted molar refractivity (Wildman–Crippen MR) is 120 cm³/mol. The molecule has 0 saturated heterocycles. The molecule has 1 N–H and O–H groups in total. The lowest BCUT2D eigenvalue weighted by Gasteiger charge is -2.15. The van der Waals surface area contributed by atoms with E-state index >= 15 is 0 Å². The van der Waals surface area contributed by atoms with Crippen molar-refractivity contribution in [2.24, 2.45) is 0 Å². The van der Waals surface area contributed by atoms with Gasteiger partial charge >= 0.3 is 6.18 Å². The van der Waals surface area contributed by atoms with Gasteiger partial charge in [0.15, 0.2) is 0 Å². The van der Waals surface area contributed by atoms with Gasteiger partial charge in [0.2, 0.25) is 11.0 Å². The molecule has 2 aromatic carbocycles. The van der Waals surface area contributed by atoms with Gasteiger partial charge in [0, 0.05) is 24.1 Å². The summed E-state index contributed by atoms with van der Waals surface area (Å²) in [6.07, 6.45) is -3.25. The van der Waals surface area contributed by atoms with Crippen LogP contribution in [0.1, 0.15) is 11.3 Å². The Morgan fingerprint density at radius 3 is 2.47 bits per heavy atom. The Balaban J connectivity index is 1.39. The molecule has 0 bridgehead atoms. The van der Waals surface area contributed by atoms with Gasteiger partial charge in [0.25, 0.3) is 10.0 Å². The molecule has 4 rings (SSSR count). The number of alkyl halides is 3. The Morgan fingerprint density at radius 1 is 1.06 bits per heavy atom. The van der Waals surface area contributed by atoms with E-state index in [0.29, 0.717) is 17.0 Å². The standard InChI is InChI=1S/C23H18F4N4O4S/c1-31(36(33,34)22-9-15-8-17(24)6-7-20(15)35-22)12-21(32)28-11-18-10-19(30-13-29-18)14-2-4-16(5-3-14)23(25,26)27/h2-10,13H,11-12H2,1H3,(H,28,32). The lowest BCUT2D eigenvalue weighted by molar-refractivity contribution is -0.137. The molecule has 0 aliphatic carbocycles. The highest BCUT2D eigenvalue weighted by molar-refractivity contribution is 7.89. The van der Waals surface area contributed by atoms with Crippen LogP contribution in [0.5, 0.6) is 0 Å². The molecule has 4 aromatic rings. The maximum atomic E-state index is 13.4. The van der Waals surface area contributed by atoms with E-state index in [-0.39, 0.29) is 17.5 Å². The molecule has 0 unspecified atom stereocenters. The lowest BCUT2D eigenvalue weighted by atomic mass is 10.1. The van der Waals surface area contributed by atoms with Crippen molar-refractivity contribution < 1.29 is 35.2 Å². The summed E-state index contributed by atoms with van der Waals surface area (Å²) in [5.74, 6) is -1.19. The van der Waals surface area contributed by atoms with Gasteiger partial charge in [-0.1, -0.05) is 12.1 Å². The Bertz CT molecular complexity index is 1520. The van der Waals surface area contributed by atoms with Gasteiger partial charge in [-0.2, -0.15) is 17.5 Å². The minimum Gasteiger partial charge on any atom is -0.443 e. The van der Waals surface area contributed by atoms with Gasteiger partial charge in [0.1, 0.15) is 17.7 Å². The molecular weight excluding hydrogens is 504 g/mol. The molecule has 1 amide bonds. The average Bonchev–Trinajstić information content (AvgIpc) is 3.26. The largest absolute Gasteiger partial charge is 0.443 e. The number of hydrogen-bond acceptors (Lipinski definition) is 6. The monoisotopic (exact) mass is 522 g/mol. The van der Waals surface area contributed by atoms with Crippen molar-refractivity contribution in [3.63, 3.8) is 0 Å². The SMILES string of the molecule is CN(CC(=O)NCc1cc(-c2ccc(C(F)(F)F)cc2)ncn1)S(=O)(=O)c1cc2cc(F)ccc2o1. The third kappa shape index (κ3) is 5.52. The number of halogens is 4. The van der Waals surface area contributed by atoms with Crippen molar-refractivity contribution in [2.75, 3.05) is 13.6 Å². The topological polar surface area (TPSA) is 105 Å². The summed E-state index contributed by atoms with van der Waals surface area (Å²) in [7, 11) is -2.98. The Hall–Kier alpha value is -3.84. The highest BCUT2D eigenvalue weighted by Crippen LogP contribution is 2.30. The van der Waals surface area contributed by atoms with Crippen LogP contribution in [0.4, 0.5) is 17.6 Å². The number of nitrogens with zero attached hydrogens (tertiary/aromatic N) is 3. The van der Waals surface area contributed by atoms with Gasteiger partial charge in [0.05, 0.1) is 30.0 Å². The molecular formula is C23H18F4N4O4S. The smallest absolute Gasteiger partial charge is 0.416 e. The number of fused-ring (bicyclic) bond motifs is 1. The average molecular weight is 522 g/mol. The minimum atomic E-state index is -4.46. The molecule has 2 heterocycles. The highest BCUT2D eigenvalue weighted by Gasteiger charge is 2.30. The quantitative estimate of drug-likeness (QED) is 0.368. The molecule has 2 aromatic heterocycles.